The minimum atomic E-state index is -0.374. The van der Waals surface area contributed by atoms with E-state index in [9.17, 15) is 9.59 Å². The number of nitrogens with one attached hydrogen (secondary N) is 1. The molecule has 3 N–H and O–H groups in total. The van der Waals surface area contributed by atoms with Gasteiger partial charge in [-0.15, -0.1) is 12.4 Å². The summed E-state index contributed by atoms with van der Waals surface area (Å²) >= 11 is 0. The SMILES string of the molecule is Cc1ccc(C(=O)N2CCC(NC(=O)[C@@H]3CC[C@H](CN)O3)CC2)cc1.Cl. The van der Waals surface area contributed by atoms with Gasteiger partial charge in [0.15, 0.2) is 0 Å². The van der Waals surface area contributed by atoms with Crippen molar-refractivity contribution in [2.45, 2.75) is 50.9 Å². The Balaban J connectivity index is 0.00000243. The number of hydrogen-bond donors (Lipinski definition) is 2. The highest BCUT2D eigenvalue weighted by molar-refractivity contribution is 5.94. The van der Waals surface area contributed by atoms with E-state index in [0.717, 1.165) is 36.8 Å². The quantitative estimate of drug-likeness (QED) is 0.830. The molecule has 2 amide bonds. The second-order valence-corrected chi connectivity index (χ2v) is 7.00. The summed E-state index contributed by atoms with van der Waals surface area (Å²) < 4.78 is 5.64. The molecule has 0 unspecified atom stereocenters. The summed E-state index contributed by atoms with van der Waals surface area (Å²) in [5.74, 6) is 0.0222. The van der Waals surface area contributed by atoms with E-state index in [2.05, 4.69) is 5.32 Å². The summed E-state index contributed by atoms with van der Waals surface area (Å²) in [4.78, 5) is 26.7. The molecule has 144 valence electrons. The molecular formula is C19H28ClN3O3. The van der Waals surface area contributed by atoms with E-state index in [0.29, 0.717) is 19.6 Å². The summed E-state index contributed by atoms with van der Waals surface area (Å²) in [6.07, 6.45) is 2.76. The van der Waals surface area contributed by atoms with E-state index in [1.807, 2.05) is 36.1 Å². The number of ether oxygens (including phenoxy) is 1. The minimum Gasteiger partial charge on any atom is -0.364 e. The number of rotatable bonds is 4. The van der Waals surface area contributed by atoms with Gasteiger partial charge in [-0.05, 0) is 44.7 Å². The Hall–Kier alpha value is -1.63. The highest BCUT2D eigenvalue weighted by Gasteiger charge is 2.32. The van der Waals surface area contributed by atoms with Gasteiger partial charge < -0.3 is 20.7 Å². The van der Waals surface area contributed by atoms with Crippen LogP contribution in [0.2, 0.25) is 0 Å². The Bertz CT molecular complexity index is 615. The largest absolute Gasteiger partial charge is 0.364 e. The van der Waals surface area contributed by atoms with Gasteiger partial charge in [0.05, 0.1) is 6.10 Å². The van der Waals surface area contributed by atoms with Crippen LogP contribution >= 0.6 is 12.4 Å². The smallest absolute Gasteiger partial charge is 0.253 e. The van der Waals surface area contributed by atoms with E-state index in [1.54, 1.807) is 0 Å². The van der Waals surface area contributed by atoms with Gasteiger partial charge in [0.1, 0.15) is 6.10 Å². The van der Waals surface area contributed by atoms with Crippen molar-refractivity contribution < 1.29 is 14.3 Å². The maximum Gasteiger partial charge on any atom is 0.253 e. The van der Waals surface area contributed by atoms with Crippen molar-refractivity contribution in [3.05, 3.63) is 35.4 Å². The van der Waals surface area contributed by atoms with Crippen molar-refractivity contribution in [1.82, 2.24) is 10.2 Å². The fourth-order valence-electron chi connectivity index (χ4n) is 3.47. The highest BCUT2D eigenvalue weighted by atomic mass is 35.5. The van der Waals surface area contributed by atoms with E-state index in [4.69, 9.17) is 10.5 Å². The molecule has 2 aliphatic rings. The third kappa shape index (κ3) is 4.96. The molecule has 2 atom stereocenters. The minimum absolute atomic E-state index is 0. The summed E-state index contributed by atoms with van der Waals surface area (Å²) in [5.41, 5.74) is 7.45. The number of piperidine rings is 1. The number of carbonyl (C=O) groups excluding carboxylic acids is 2. The normalized spacial score (nSPS) is 23.4. The van der Waals surface area contributed by atoms with Gasteiger partial charge in [-0.25, -0.2) is 0 Å². The first-order valence-electron chi connectivity index (χ1n) is 9.08. The van der Waals surface area contributed by atoms with Crippen molar-refractivity contribution in [3.63, 3.8) is 0 Å². The van der Waals surface area contributed by atoms with Crippen LogP contribution in [0, 0.1) is 6.92 Å². The van der Waals surface area contributed by atoms with Crippen molar-refractivity contribution in [2.75, 3.05) is 19.6 Å². The Morgan fingerprint density at radius 1 is 1.15 bits per heavy atom. The van der Waals surface area contributed by atoms with Gasteiger partial charge in [-0.1, -0.05) is 17.7 Å². The van der Waals surface area contributed by atoms with E-state index >= 15 is 0 Å². The maximum atomic E-state index is 12.5. The summed E-state index contributed by atoms with van der Waals surface area (Å²) in [7, 11) is 0. The number of halogens is 1. The molecule has 1 aromatic carbocycles. The van der Waals surface area contributed by atoms with Gasteiger partial charge in [0.2, 0.25) is 5.91 Å². The fraction of sp³-hybridized carbons (Fsp3) is 0.579. The molecule has 2 saturated heterocycles. The number of aryl methyl sites for hydroxylation is 1. The van der Waals surface area contributed by atoms with Crippen LogP contribution in [0.15, 0.2) is 24.3 Å². The Labute approximate surface area is 160 Å². The second kappa shape index (κ2) is 9.35. The lowest BCUT2D eigenvalue weighted by atomic mass is 10.0. The first-order valence-corrected chi connectivity index (χ1v) is 9.08. The molecule has 0 bridgehead atoms. The lowest BCUT2D eigenvalue weighted by Crippen LogP contribution is -2.48. The molecule has 0 aromatic heterocycles. The van der Waals surface area contributed by atoms with E-state index in [1.165, 1.54) is 0 Å². The Morgan fingerprint density at radius 2 is 1.81 bits per heavy atom. The molecule has 2 heterocycles. The van der Waals surface area contributed by atoms with Gasteiger partial charge in [0.25, 0.3) is 5.91 Å². The summed E-state index contributed by atoms with van der Waals surface area (Å²) in [6, 6.07) is 7.76. The van der Waals surface area contributed by atoms with Crippen LogP contribution in [0.1, 0.15) is 41.6 Å². The van der Waals surface area contributed by atoms with E-state index in [-0.39, 0.29) is 42.5 Å². The fourth-order valence-corrected chi connectivity index (χ4v) is 3.47. The number of benzene rings is 1. The lowest BCUT2D eigenvalue weighted by Gasteiger charge is -2.33. The molecule has 6 nitrogen and oxygen atoms in total. The third-order valence-corrected chi connectivity index (χ3v) is 5.09. The topological polar surface area (TPSA) is 84.7 Å². The van der Waals surface area contributed by atoms with Gasteiger partial charge in [0, 0.05) is 31.2 Å². The second-order valence-electron chi connectivity index (χ2n) is 7.00. The van der Waals surface area contributed by atoms with Crippen molar-refractivity contribution >= 4 is 24.2 Å². The summed E-state index contributed by atoms with van der Waals surface area (Å²) in [5, 5.41) is 3.07. The van der Waals surface area contributed by atoms with Crippen LogP contribution in [0.5, 0.6) is 0 Å². The van der Waals surface area contributed by atoms with Gasteiger partial charge in [-0.3, -0.25) is 9.59 Å². The van der Waals surface area contributed by atoms with Crippen LogP contribution in [0.3, 0.4) is 0 Å². The Kier molecular flexibility index (Phi) is 7.43. The lowest BCUT2D eigenvalue weighted by molar-refractivity contribution is -0.132. The molecule has 0 aliphatic carbocycles. The number of nitrogens with zero attached hydrogens (tertiary/aromatic N) is 1. The van der Waals surface area contributed by atoms with Crippen LogP contribution in [0.25, 0.3) is 0 Å². The van der Waals surface area contributed by atoms with Crippen LogP contribution in [-0.2, 0) is 9.53 Å². The van der Waals surface area contributed by atoms with Gasteiger partial charge in [-0.2, -0.15) is 0 Å². The predicted octanol–water partition coefficient (Wildman–Crippen LogP) is 1.64. The van der Waals surface area contributed by atoms with Gasteiger partial charge >= 0.3 is 0 Å². The number of nitrogens with two attached hydrogens (primary N) is 1. The average Bonchev–Trinajstić information content (AvgIpc) is 3.12. The number of likely N-dealkylation sites (tertiary alicyclic amines) is 1. The predicted molar refractivity (Wildman–Crippen MR) is 102 cm³/mol. The van der Waals surface area contributed by atoms with Crippen LogP contribution < -0.4 is 11.1 Å². The third-order valence-electron chi connectivity index (χ3n) is 5.09. The molecule has 26 heavy (non-hydrogen) atoms. The average molecular weight is 382 g/mol. The molecule has 7 heteroatoms. The van der Waals surface area contributed by atoms with Crippen LogP contribution in [0.4, 0.5) is 0 Å². The first kappa shape index (κ1) is 20.7. The molecule has 2 fully saturated rings. The standard InChI is InChI=1S/C19H27N3O3.ClH/c1-13-2-4-14(5-3-13)19(24)22-10-8-15(9-11-22)21-18(23)17-7-6-16(12-20)25-17;/h2-5,15-17H,6-12,20H2,1H3,(H,21,23);1H/t16-,17+;/m1./s1. The van der Waals surface area contributed by atoms with Crippen molar-refractivity contribution in [2.24, 2.45) is 5.73 Å². The number of hydrogen-bond acceptors (Lipinski definition) is 4. The maximum absolute atomic E-state index is 12.5. The van der Waals surface area contributed by atoms with E-state index < -0.39 is 0 Å². The number of amides is 2. The zero-order valence-corrected chi connectivity index (χ0v) is 16.0. The molecule has 3 rings (SSSR count). The van der Waals surface area contributed by atoms with Crippen LogP contribution in [-0.4, -0.2) is 54.6 Å². The molecule has 0 spiro atoms. The molecule has 2 aliphatic heterocycles. The monoisotopic (exact) mass is 381 g/mol. The van der Waals surface area contributed by atoms with Crippen molar-refractivity contribution in [1.29, 1.82) is 0 Å². The zero-order valence-electron chi connectivity index (χ0n) is 15.1. The molecule has 0 radical (unpaired) electrons. The molecule has 1 aromatic rings. The molecule has 0 saturated carbocycles. The first-order chi connectivity index (χ1) is 12.1. The number of carbonyl (C=O) groups is 2. The molecular weight excluding hydrogens is 354 g/mol. The van der Waals surface area contributed by atoms with Crippen molar-refractivity contribution in [3.8, 4) is 0 Å². The zero-order chi connectivity index (χ0) is 17.8. The summed E-state index contributed by atoms with van der Waals surface area (Å²) in [6.45, 7) is 3.79. The highest BCUT2D eigenvalue weighted by Crippen LogP contribution is 2.20. The Morgan fingerprint density at radius 3 is 2.38 bits per heavy atom.